The van der Waals surface area contributed by atoms with Crippen LogP contribution in [0.3, 0.4) is 0 Å². The largest absolute Gasteiger partial charge is 0.497 e. The number of ether oxygens (including phenoxy) is 4. The molecular weight excluding hydrogens is 462 g/mol. The molecule has 0 radical (unpaired) electrons. The molecular formula is C23H23F4NO6. The Kier molecular flexibility index (Phi) is 7.98. The molecule has 1 aliphatic heterocycles. The Balaban J connectivity index is 1.68. The number of morpholine rings is 1. The summed E-state index contributed by atoms with van der Waals surface area (Å²) in [6, 6.07) is 7.81. The number of hydrogen-bond donors (Lipinski definition) is 0. The summed E-state index contributed by atoms with van der Waals surface area (Å²) in [5.41, 5.74) is -0.132. The molecule has 34 heavy (non-hydrogen) atoms. The number of hydrogen-bond acceptors (Lipinski definition) is 6. The van der Waals surface area contributed by atoms with Crippen molar-refractivity contribution in [3.8, 4) is 17.2 Å². The second kappa shape index (κ2) is 10.7. The third-order valence-electron chi connectivity index (χ3n) is 4.99. The smallest absolute Gasteiger partial charge is 0.422 e. The van der Waals surface area contributed by atoms with Gasteiger partial charge in [0.15, 0.2) is 12.4 Å². The van der Waals surface area contributed by atoms with Gasteiger partial charge in [0, 0.05) is 12.6 Å². The second-order valence-electron chi connectivity index (χ2n) is 7.52. The van der Waals surface area contributed by atoms with Crippen LogP contribution in [-0.4, -0.2) is 68.9 Å². The van der Waals surface area contributed by atoms with Crippen molar-refractivity contribution >= 4 is 11.7 Å². The Morgan fingerprint density at radius 3 is 2.47 bits per heavy atom. The average Bonchev–Trinajstić information content (AvgIpc) is 2.80. The molecule has 1 heterocycles. The summed E-state index contributed by atoms with van der Waals surface area (Å²) in [5.74, 6) is -1.43. The minimum absolute atomic E-state index is 0.0157. The van der Waals surface area contributed by atoms with Crippen molar-refractivity contribution in [2.75, 3.05) is 40.0 Å². The van der Waals surface area contributed by atoms with E-state index in [1.807, 2.05) is 0 Å². The number of methoxy groups -OCH3 is 1. The van der Waals surface area contributed by atoms with Gasteiger partial charge in [0.1, 0.15) is 35.8 Å². The summed E-state index contributed by atoms with van der Waals surface area (Å²) >= 11 is 0. The number of amides is 1. The molecule has 1 aliphatic rings. The van der Waals surface area contributed by atoms with Gasteiger partial charge in [-0.1, -0.05) is 0 Å². The summed E-state index contributed by atoms with van der Waals surface area (Å²) in [7, 11) is 1.37. The molecule has 2 aromatic rings. The van der Waals surface area contributed by atoms with E-state index in [9.17, 15) is 27.2 Å². The first kappa shape index (κ1) is 25.3. The molecule has 2 aromatic carbocycles. The van der Waals surface area contributed by atoms with E-state index in [2.05, 4.69) is 0 Å². The van der Waals surface area contributed by atoms with Crippen LogP contribution in [0.5, 0.6) is 17.2 Å². The van der Waals surface area contributed by atoms with Gasteiger partial charge < -0.3 is 23.8 Å². The van der Waals surface area contributed by atoms with E-state index in [0.29, 0.717) is 0 Å². The van der Waals surface area contributed by atoms with Gasteiger partial charge in [-0.05, 0) is 37.3 Å². The van der Waals surface area contributed by atoms with Crippen LogP contribution in [-0.2, 0) is 4.74 Å². The SMILES string of the molecule is COc1ccc(OCC(F)(F)F)c(C(=O)N2CCOC(COc3ccc(C(C)=O)c(F)c3)C2)c1. The van der Waals surface area contributed by atoms with Crippen molar-refractivity contribution in [3.63, 3.8) is 0 Å². The van der Waals surface area contributed by atoms with E-state index in [-0.39, 0.29) is 54.7 Å². The van der Waals surface area contributed by atoms with Crippen LogP contribution < -0.4 is 14.2 Å². The highest BCUT2D eigenvalue weighted by Gasteiger charge is 2.31. The van der Waals surface area contributed by atoms with Crippen molar-refractivity contribution in [3.05, 3.63) is 53.3 Å². The summed E-state index contributed by atoms with van der Waals surface area (Å²) in [6.07, 6.45) is -5.14. The molecule has 11 heteroatoms. The Labute approximate surface area is 193 Å². The zero-order chi connectivity index (χ0) is 24.9. The van der Waals surface area contributed by atoms with Crippen LogP contribution in [0.25, 0.3) is 0 Å². The van der Waals surface area contributed by atoms with Crippen LogP contribution in [0.15, 0.2) is 36.4 Å². The summed E-state index contributed by atoms with van der Waals surface area (Å²) in [6.45, 7) is 0.148. The average molecular weight is 485 g/mol. The predicted octanol–water partition coefficient (Wildman–Crippen LogP) is 3.90. The van der Waals surface area contributed by atoms with Crippen molar-refractivity contribution in [1.29, 1.82) is 0 Å². The zero-order valence-electron chi connectivity index (χ0n) is 18.5. The predicted molar refractivity (Wildman–Crippen MR) is 112 cm³/mol. The van der Waals surface area contributed by atoms with Crippen LogP contribution in [0.1, 0.15) is 27.6 Å². The first-order valence-corrected chi connectivity index (χ1v) is 10.3. The number of carbonyl (C=O) groups is 2. The summed E-state index contributed by atoms with van der Waals surface area (Å²) < 4.78 is 72.9. The molecule has 0 aromatic heterocycles. The maximum Gasteiger partial charge on any atom is 0.422 e. The molecule has 0 bridgehead atoms. The standard InChI is InChI=1S/C23H23F4NO6/c1-14(29)18-5-3-16(10-20(18)24)33-12-17-11-28(7-8-32-17)22(30)19-9-15(31-2)4-6-21(19)34-13-23(25,26)27/h3-6,9-10,17H,7-8,11-13H2,1-2H3. The Morgan fingerprint density at radius 2 is 1.82 bits per heavy atom. The quantitative estimate of drug-likeness (QED) is 0.417. The number of ketones is 1. The molecule has 0 aliphatic carbocycles. The third kappa shape index (κ3) is 6.60. The van der Waals surface area contributed by atoms with Crippen molar-refractivity contribution in [2.45, 2.75) is 19.2 Å². The van der Waals surface area contributed by atoms with Gasteiger partial charge in [-0.2, -0.15) is 13.2 Å². The first-order valence-electron chi connectivity index (χ1n) is 10.3. The number of alkyl halides is 3. The highest BCUT2D eigenvalue weighted by Crippen LogP contribution is 2.28. The molecule has 1 fully saturated rings. The highest BCUT2D eigenvalue weighted by molar-refractivity contribution is 5.97. The van der Waals surface area contributed by atoms with Gasteiger partial charge in [-0.25, -0.2) is 4.39 Å². The molecule has 0 saturated carbocycles. The summed E-state index contributed by atoms with van der Waals surface area (Å²) in [5, 5.41) is 0. The highest BCUT2D eigenvalue weighted by atomic mass is 19.4. The van der Waals surface area contributed by atoms with Gasteiger partial charge >= 0.3 is 6.18 Å². The van der Waals surface area contributed by atoms with Gasteiger partial charge in [0.2, 0.25) is 0 Å². The monoisotopic (exact) mass is 485 g/mol. The zero-order valence-corrected chi connectivity index (χ0v) is 18.5. The number of benzene rings is 2. The minimum atomic E-state index is -4.57. The lowest BCUT2D eigenvalue weighted by atomic mass is 10.1. The van der Waals surface area contributed by atoms with Gasteiger partial charge in [-0.15, -0.1) is 0 Å². The second-order valence-corrected chi connectivity index (χ2v) is 7.52. The summed E-state index contributed by atoms with van der Waals surface area (Å²) in [4.78, 5) is 25.9. The minimum Gasteiger partial charge on any atom is -0.497 e. The molecule has 1 unspecified atom stereocenters. The fraction of sp³-hybridized carbons (Fsp3) is 0.391. The molecule has 7 nitrogen and oxygen atoms in total. The maximum atomic E-state index is 14.0. The molecule has 184 valence electrons. The molecule has 1 atom stereocenters. The topological polar surface area (TPSA) is 74.3 Å². The molecule has 1 saturated heterocycles. The fourth-order valence-electron chi connectivity index (χ4n) is 3.32. The van der Waals surface area contributed by atoms with E-state index in [4.69, 9.17) is 18.9 Å². The van der Waals surface area contributed by atoms with Crippen molar-refractivity contribution in [1.82, 2.24) is 4.90 Å². The Hall–Kier alpha value is -3.34. The lowest BCUT2D eigenvalue weighted by Crippen LogP contribution is -2.47. The van der Waals surface area contributed by atoms with E-state index >= 15 is 0 Å². The van der Waals surface area contributed by atoms with Gasteiger partial charge in [0.05, 0.1) is 31.4 Å². The number of carbonyl (C=O) groups excluding carboxylic acids is 2. The third-order valence-corrected chi connectivity index (χ3v) is 4.99. The van der Waals surface area contributed by atoms with E-state index in [1.54, 1.807) is 0 Å². The maximum absolute atomic E-state index is 14.0. The molecule has 0 N–H and O–H groups in total. The van der Waals surface area contributed by atoms with Crippen LogP contribution in [0, 0.1) is 5.82 Å². The molecule has 1 amide bonds. The number of rotatable bonds is 8. The van der Waals surface area contributed by atoms with Crippen LogP contribution in [0.4, 0.5) is 17.6 Å². The van der Waals surface area contributed by atoms with Crippen molar-refractivity contribution < 1.29 is 46.1 Å². The van der Waals surface area contributed by atoms with Crippen LogP contribution in [0.2, 0.25) is 0 Å². The van der Waals surface area contributed by atoms with E-state index in [0.717, 1.165) is 6.07 Å². The number of Topliss-reactive ketones (excluding diaryl/α,β-unsaturated/α-hetero) is 1. The van der Waals surface area contributed by atoms with Crippen molar-refractivity contribution in [2.24, 2.45) is 0 Å². The Bertz CT molecular complexity index is 1040. The normalized spacial score (nSPS) is 16.2. The lowest BCUT2D eigenvalue weighted by molar-refractivity contribution is -0.153. The molecule has 3 rings (SSSR count). The fourth-order valence-corrected chi connectivity index (χ4v) is 3.32. The van der Waals surface area contributed by atoms with Gasteiger partial charge in [-0.3, -0.25) is 9.59 Å². The van der Waals surface area contributed by atoms with Crippen LogP contribution >= 0.6 is 0 Å². The number of halogens is 4. The first-order chi connectivity index (χ1) is 16.1. The lowest BCUT2D eigenvalue weighted by Gasteiger charge is -2.33. The Morgan fingerprint density at radius 1 is 1.09 bits per heavy atom. The molecule has 0 spiro atoms. The van der Waals surface area contributed by atoms with E-state index in [1.165, 1.54) is 49.3 Å². The van der Waals surface area contributed by atoms with E-state index < -0.39 is 36.4 Å². The number of nitrogens with zero attached hydrogens (tertiary/aromatic N) is 1. The van der Waals surface area contributed by atoms with Gasteiger partial charge in [0.25, 0.3) is 5.91 Å².